The third kappa shape index (κ3) is 2.87. The van der Waals surface area contributed by atoms with Crippen molar-refractivity contribution in [3.8, 4) is 0 Å². The number of halogens is 3. The van der Waals surface area contributed by atoms with Crippen molar-refractivity contribution in [2.24, 2.45) is 0 Å². The largest absolute Gasteiger partial charge is 0.494 e. The molecule has 1 fully saturated rings. The van der Waals surface area contributed by atoms with Crippen molar-refractivity contribution in [2.75, 3.05) is 0 Å². The van der Waals surface area contributed by atoms with Crippen molar-refractivity contribution in [3.63, 3.8) is 0 Å². The van der Waals surface area contributed by atoms with E-state index in [1.165, 1.54) is 12.1 Å². The van der Waals surface area contributed by atoms with Crippen LogP contribution < -0.4 is 0 Å². The average Bonchev–Trinajstić information content (AvgIpc) is 2.56. The maximum atomic E-state index is 13.1. The maximum Gasteiger partial charge on any atom is 0.494 e. The van der Waals surface area contributed by atoms with Gasteiger partial charge in [-0.2, -0.15) is 13.2 Å². The predicted octanol–water partition coefficient (Wildman–Crippen LogP) is 4.35. The lowest BCUT2D eigenvalue weighted by Crippen LogP contribution is -2.41. The van der Waals surface area contributed by atoms with Gasteiger partial charge in [0.1, 0.15) is 0 Å². The van der Waals surface area contributed by atoms with E-state index >= 15 is 0 Å². The Bertz CT molecular complexity index is 548. The Labute approximate surface area is 123 Å². The molecule has 0 saturated carbocycles. The van der Waals surface area contributed by atoms with Gasteiger partial charge < -0.3 is 9.31 Å². The lowest BCUT2D eigenvalue weighted by atomic mass is 9.74. The minimum absolute atomic E-state index is 0.00324. The van der Waals surface area contributed by atoms with Crippen molar-refractivity contribution >= 4 is 12.6 Å². The van der Waals surface area contributed by atoms with Crippen LogP contribution >= 0.6 is 0 Å². The molecule has 1 heterocycles. The summed E-state index contributed by atoms with van der Waals surface area (Å²) in [6.07, 6.45) is -4.44. The third-order valence-electron chi connectivity index (χ3n) is 4.12. The van der Waals surface area contributed by atoms with Gasteiger partial charge in [0.25, 0.3) is 0 Å². The summed E-state index contributed by atoms with van der Waals surface area (Å²) in [7, 11) is -0.890. The lowest BCUT2D eigenvalue weighted by molar-refractivity contribution is -0.137. The smallest absolute Gasteiger partial charge is 0.399 e. The highest BCUT2D eigenvalue weighted by molar-refractivity contribution is 6.68. The zero-order valence-electron chi connectivity index (χ0n) is 12.5. The molecule has 21 heavy (non-hydrogen) atoms. The van der Waals surface area contributed by atoms with E-state index in [1.54, 1.807) is 6.07 Å². The Morgan fingerprint density at radius 3 is 2.00 bits per heavy atom. The minimum atomic E-state index is -4.44. The molecule has 1 aliphatic rings. The van der Waals surface area contributed by atoms with Crippen molar-refractivity contribution in [1.29, 1.82) is 0 Å². The number of alkyl halides is 3. The maximum absolute atomic E-state index is 13.1. The number of hydrogen-bond donors (Lipinski definition) is 0. The molecule has 0 aromatic heterocycles. The van der Waals surface area contributed by atoms with Gasteiger partial charge in [-0.1, -0.05) is 24.8 Å². The molecule has 2 nitrogen and oxygen atoms in total. The van der Waals surface area contributed by atoms with Gasteiger partial charge in [0.2, 0.25) is 0 Å². The van der Waals surface area contributed by atoms with Gasteiger partial charge >= 0.3 is 13.3 Å². The molecule has 0 radical (unpaired) electrons. The normalized spacial score (nSPS) is 20.6. The van der Waals surface area contributed by atoms with Gasteiger partial charge in [0, 0.05) is 0 Å². The molecule has 0 amide bonds. The fourth-order valence-corrected chi connectivity index (χ4v) is 2.12. The van der Waals surface area contributed by atoms with Crippen LogP contribution in [0, 0.1) is 0 Å². The molecule has 1 aromatic rings. The Balaban J connectivity index is 2.36. The molecule has 0 unspecified atom stereocenters. The van der Waals surface area contributed by atoms with Crippen molar-refractivity contribution < 1.29 is 22.5 Å². The molecule has 0 spiro atoms. The monoisotopic (exact) mass is 298 g/mol. The first-order valence-electron chi connectivity index (χ1n) is 6.67. The highest BCUT2D eigenvalue weighted by atomic mass is 19.4. The van der Waals surface area contributed by atoms with Crippen molar-refractivity contribution in [3.05, 3.63) is 42.0 Å². The van der Waals surface area contributed by atoms with Crippen LogP contribution in [0.25, 0.3) is 5.47 Å². The van der Waals surface area contributed by atoms with E-state index in [0.717, 1.165) is 6.07 Å². The molecule has 0 atom stereocenters. The minimum Gasteiger partial charge on any atom is -0.399 e. The summed E-state index contributed by atoms with van der Waals surface area (Å²) >= 11 is 0. The van der Waals surface area contributed by atoms with Gasteiger partial charge in [-0.25, -0.2) is 0 Å². The van der Waals surface area contributed by atoms with Crippen LogP contribution in [0.5, 0.6) is 0 Å². The van der Waals surface area contributed by atoms with Gasteiger partial charge in [0.15, 0.2) is 0 Å². The summed E-state index contributed by atoms with van der Waals surface area (Å²) < 4.78 is 50.7. The number of rotatable bonds is 2. The van der Waals surface area contributed by atoms with E-state index in [2.05, 4.69) is 6.58 Å². The molecular formula is C15H18BF3O2. The van der Waals surface area contributed by atoms with Crippen LogP contribution in [-0.2, 0) is 15.5 Å². The number of benzene rings is 1. The molecule has 1 aliphatic heterocycles. The SMILES string of the molecule is C=C(B1OC(C)(C)C(C)(C)O1)c1ccccc1C(F)(F)F. The second-order valence-corrected chi connectivity index (χ2v) is 6.16. The quantitative estimate of drug-likeness (QED) is 0.756. The molecule has 0 aliphatic carbocycles. The molecule has 1 aromatic carbocycles. The van der Waals surface area contributed by atoms with Crippen LogP contribution in [0.3, 0.4) is 0 Å². The Morgan fingerprint density at radius 2 is 1.52 bits per heavy atom. The molecule has 2 rings (SSSR count). The number of hydrogen-bond acceptors (Lipinski definition) is 2. The zero-order chi connectivity index (χ0) is 16.1. The Hall–Kier alpha value is -1.27. The summed E-state index contributed by atoms with van der Waals surface area (Å²) in [5.41, 5.74) is -1.78. The van der Waals surface area contributed by atoms with Crippen LogP contribution in [0.15, 0.2) is 30.8 Å². The fraction of sp³-hybridized carbons (Fsp3) is 0.467. The highest BCUT2D eigenvalue weighted by Gasteiger charge is 2.52. The van der Waals surface area contributed by atoms with Crippen molar-refractivity contribution in [1.82, 2.24) is 0 Å². The van der Waals surface area contributed by atoms with Gasteiger partial charge in [-0.3, -0.25) is 0 Å². The standard InChI is InChI=1S/C15H18BF3O2/c1-10(16-20-13(2,3)14(4,5)21-16)11-8-6-7-9-12(11)15(17,18)19/h6-9H,1H2,2-5H3. The molecule has 0 N–H and O–H groups in total. The van der Waals surface area contributed by atoms with Crippen LogP contribution in [0.2, 0.25) is 0 Å². The molecule has 114 valence electrons. The first kappa shape index (κ1) is 16.1. The average molecular weight is 298 g/mol. The summed E-state index contributed by atoms with van der Waals surface area (Å²) in [5, 5.41) is 0. The van der Waals surface area contributed by atoms with Crippen molar-refractivity contribution in [2.45, 2.75) is 45.1 Å². The second-order valence-electron chi connectivity index (χ2n) is 6.16. The topological polar surface area (TPSA) is 18.5 Å². The fourth-order valence-electron chi connectivity index (χ4n) is 2.12. The molecular weight excluding hydrogens is 280 g/mol. The van der Waals surface area contributed by atoms with Gasteiger partial charge in [0.05, 0.1) is 16.8 Å². The van der Waals surface area contributed by atoms with Gasteiger partial charge in [-0.05, 0) is 44.8 Å². The zero-order valence-corrected chi connectivity index (χ0v) is 12.5. The summed E-state index contributed by atoms with van der Waals surface area (Å²) in [4.78, 5) is 0. The van der Waals surface area contributed by atoms with E-state index in [1.807, 2.05) is 27.7 Å². The summed E-state index contributed by atoms with van der Waals surface area (Å²) in [6, 6.07) is 5.31. The second kappa shape index (κ2) is 4.88. The highest BCUT2D eigenvalue weighted by Crippen LogP contribution is 2.42. The third-order valence-corrected chi connectivity index (χ3v) is 4.12. The molecule has 1 saturated heterocycles. The lowest BCUT2D eigenvalue weighted by Gasteiger charge is -2.32. The summed E-state index contributed by atoms with van der Waals surface area (Å²) in [5.74, 6) is 0. The first-order chi connectivity index (χ1) is 9.46. The van der Waals surface area contributed by atoms with Crippen LogP contribution in [0.4, 0.5) is 13.2 Å². The molecule has 0 bridgehead atoms. The van der Waals surface area contributed by atoms with Crippen LogP contribution in [0.1, 0.15) is 38.8 Å². The van der Waals surface area contributed by atoms with Gasteiger partial charge in [-0.15, -0.1) is 0 Å². The predicted molar refractivity (Wildman–Crippen MR) is 76.6 cm³/mol. The Kier molecular flexibility index (Phi) is 3.75. The van der Waals surface area contributed by atoms with Crippen LogP contribution in [-0.4, -0.2) is 18.3 Å². The van der Waals surface area contributed by atoms with E-state index in [0.29, 0.717) is 0 Å². The molecule has 6 heteroatoms. The van der Waals surface area contributed by atoms with E-state index in [9.17, 15) is 13.2 Å². The van der Waals surface area contributed by atoms with E-state index < -0.39 is 30.1 Å². The van der Waals surface area contributed by atoms with E-state index in [-0.39, 0.29) is 11.0 Å². The Morgan fingerprint density at radius 1 is 1.05 bits per heavy atom. The summed E-state index contributed by atoms with van der Waals surface area (Å²) in [6.45, 7) is 11.1. The van der Waals surface area contributed by atoms with E-state index in [4.69, 9.17) is 9.31 Å². The first-order valence-corrected chi connectivity index (χ1v) is 6.67.